The number of nitrogens with zero attached hydrogens (tertiary/aromatic N) is 3. The molecular weight excluding hydrogens is 447 g/mol. The maximum absolute atomic E-state index is 13.2. The Morgan fingerprint density at radius 2 is 1.84 bits per heavy atom. The van der Waals surface area contributed by atoms with Gasteiger partial charge in [-0.3, -0.25) is 9.80 Å². The summed E-state index contributed by atoms with van der Waals surface area (Å²) in [7, 11) is -3.39. The number of piperidine rings is 3. The number of halogens is 1. The number of hydrogen-bond donors (Lipinski definition) is 1. The van der Waals surface area contributed by atoms with E-state index in [4.69, 9.17) is 0 Å². The lowest BCUT2D eigenvalue weighted by Crippen LogP contribution is -2.59. The number of sulfonamides is 1. The van der Waals surface area contributed by atoms with Gasteiger partial charge in [-0.2, -0.15) is 0 Å². The number of nitrogens with one attached hydrogen (secondary N) is 1. The number of piperazine rings is 1. The second kappa shape index (κ2) is 9.38. The zero-order chi connectivity index (χ0) is 22.1. The van der Waals surface area contributed by atoms with Crippen molar-refractivity contribution in [1.82, 2.24) is 14.5 Å². The summed E-state index contributed by atoms with van der Waals surface area (Å²) < 4.78 is 41.3. The molecule has 4 saturated heterocycles. The fraction of sp³-hybridized carbons (Fsp3) is 0.565. The van der Waals surface area contributed by atoms with Crippen molar-refractivity contribution in [2.75, 3.05) is 57.3 Å². The molecular formula is C23H31FN4O2S2. The van der Waals surface area contributed by atoms with Gasteiger partial charge >= 0.3 is 0 Å². The van der Waals surface area contributed by atoms with Crippen LogP contribution in [0.25, 0.3) is 0 Å². The van der Waals surface area contributed by atoms with Crippen molar-refractivity contribution in [3.05, 3.63) is 47.6 Å². The predicted molar refractivity (Wildman–Crippen MR) is 126 cm³/mol. The highest BCUT2D eigenvalue weighted by molar-refractivity contribution is 7.91. The number of hydrogen-bond acceptors (Lipinski definition) is 6. The van der Waals surface area contributed by atoms with Gasteiger partial charge in [0.05, 0.1) is 0 Å². The highest BCUT2D eigenvalue weighted by Gasteiger charge is 2.41. The molecule has 1 aromatic heterocycles. The summed E-state index contributed by atoms with van der Waals surface area (Å²) in [5.41, 5.74) is 1.10. The Bertz CT molecular complexity index is 992. The summed E-state index contributed by atoms with van der Waals surface area (Å²) in [5.74, 6) is 1.14. The average Bonchev–Trinajstić information content (AvgIpc) is 3.36. The lowest BCUT2D eigenvalue weighted by atomic mass is 9.75. The molecule has 6 nitrogen and oxygen atoms in total. The van der Waals surface area contributed by atoms with Crippen LogP contribution in [-0.2, 0) is 10.0 Å². The molecule has 4 aliphatic heterocycles. The second-order valence-electron chi connectivity index (χ2n) is 9.24. The van der Waals surface area contributed by atoms with Crippen molar-refractivity contribution in [3.8, 4) is 0 Å². The van der Waals surface area contributed by atoms with E-state index in [0.717, 1.165) is 57.9 Å². The minimum absolute atomic E-state index is 0.188. The zero-order valence-electron chi connectivity index (χ0n) is 18.2. The van der Waals surface area contributed by atoms with E-state index in [1.807, 2.05) is 12.1 Å². The average molecular weight is 479 g/mol. The fourth-order valence-electron chi connectivity index (χ4n) is 5.53. The topological polar surface area (TPSA) is 55.9 Å². The highest BCUT2D eigenvalue weighted by Crippen LogP contribution is 2.37. The third-order valence-electron chi connectivity index (χ3n) is 7.34. The Hall–Kier alpha value is -1.52. The molecule has 6 rings (SSSR count). The van der Waals surface area contributed by atoms with Crippen LogP contribution in [0.15, 0.2) is 46.0 Å². The lowest BCUT2D eigenvalue weighted by molar-refractivity contribution is -0.0107. The molecule has 1 N–H and O–H groups in total. The van der Waals surface area contributed by atoms with E-state index in [-0.39, 0.29) is 5.82 Å². The molecule has 2 bridgehead atoms. The van der Waals surface area contributed by atoms with Gasteiger partial charge in [-0.05, 0) is 66.9 Å². The summed E-state index contributed by atoms with van der Waals surface area (Å²) in [6.45, 7) is 7.76. The van der Waals surface area contributed by atoms with Gasteiger partial charge < -0.3 is 4.90 Å². The molecule has 174 valence electrons. The first-order chi connectivity index (χ1) is 15.5. The standard InChI is InChI=1S/C23H31FN4O2S2/c24-20-3-5-21(6-4-20)27-11-9-26(10-12-27)16-19-17-28-8-7-18(19)14-22(28)15-25-32(29,30)23-2-1-13-31-23/h1-6,13,18-19,22,25H,7-12,14-17H2/t18-,19-,22+/m0/s1. The van der Waals surface area contributed by atoms with Gasteiger partial charge in [0.2, 0.25) is 10.0 Å². The Labute approximate surface area is 194 Å². The maximum Gasteiger partial charge on any atom is 0.250 e. The van der Waals surface area contributed by atoms with Crippen LogP contribution >= 0.6 is 11.3 Å². The van der Waals surface area contributed by atoms with E-state index in [9.17, 15) is 12.8 Å². The maximum atomic E-state index is 13.2. The number of benzene rings is 1. The van der Waals surface area contributed by atoms with E-state index < -0.39 is 10.0 Å². The van der Waals surface area contributed by atoms with Crippen molar-refractivity contribution in [1.29, 1.82) is 0 Å². The van der Waals surface area contributed by atoms with E-state index in [1.54, 1.807) is 17.5 Å². The number of rotatable bonds is 7. The summed E-state index contributed by atoms with van der Waals surface area (Å²) in [5, 5.41) is 1.80. The van der Waals surface area contributed by atoms with E-state index in [2.05, 4.69) is 19.4 Å². The normalized spacial score (nSPS) is 28.8. The fourth-order valence-corrected chi connectivity index (χ4v) is 7.64. The van der Waals surface area contributed by atoms with Gasteiger partial charge in [0.25, 0.3) is 0 Å². The lowest BCUT2D eigenvalue weighted by Gasteiger charge is -2.51. The summed E-state index contributed by atoms with van der Waals surface area (Å²) in [6.07, 6.45) is 2.29. The number of fused-ring (bicyclic) bond motifs is 3. The third-order valence-corrected chi connectivity index (χ3v) is 10.2. The highest BCUT2D eigenvalue weighted by atomic mass is 32.2. The van der Waals surface area contributed by atoms with Gasteiger partial charge in [0.1, 0.15) is 10.0 Å². The molecule has 4 atom stereocenters. The van der Waals surface area contributed by atoms with Crippen molar-refractivity contribution in [3.63, 3.8) is 0 Å². The molecule has 5 heterocycles. The third kappa shape index (κ3) is 4.87. The molecule has 0 amide bonds. The molecule has 1 unspecified atom stereocenters. The summed E-state index contributed by atoms with van der Waals surface area (Å²) >= 11 is 1.26. The van der Waals surface area contributed by atoms with Crippen LogP contribution in [0, 0.1) is 17.7 Å². The van der Waals surface area contributed by atoms with Crippen LogP contribution in [0.5, 0.6) is 0 Å². The van der Waals surface area contributed by atoms with Gasteiger partial charge in [0.15, 0.2) is 0 Å². The number of thiophene rings is 1. The van der Waals surface area contributed by atoms with Crippen molar-refractivity contribution in [2.24, 2.45) is 11.8 Å². The minimum atomic E-state index is -3.39. The zero-order valence-corrected chi connectivity index (χ0v) is 19.8. The Kier molecular flexibility index (Phi) is 6.53. The van der Waals surface area contributed by atoms with Crippen molar-refractivity contribution >= 4 is 27.0 Å². The van der Waals surface area contributed by atoms with Crippen LogP contribution in [0.3, 0.4) is 0 Å². The van der Waals surface area contributed by atoms with E-state index >= 15 is 0 Å². The molecule has 0 radical (unpaired) electrons. The van der Waals surface area contributed by atoms with Crippen LogP contribution in [-0.4, -0.2) is 76.6 Å². The van der Waals surface area contributed by atoms with Crippen LogP contribution in [0.2, 0.25) is 0 Å². The first-order valence-electron chi connectivity index (χ1n) is 11.5. The van der Waals surface area contributed by atoms with E-state index in [1.165, 1.54) is 29.9 Å². The molecule has 0 spiro atoms. The summed E-state index contributed by atoms with van der Waals surface area (Å²) in [4.78, 5) is 7.40. The molecule has 4 aliphatic rings. The van der Waals surface area contributed by atoms with Crippen LogP contribution < -0.4 is 9.62 Å². The van der Waals surface area contributed by atoms with Crippen LogP contribution in [0.4, 0.5) is 10.1 Å². The molecule has 32 heavy (non-hydrogen) atoms. The monoisotopic (exact) mass is 478 g/mol. The van der Waals surface area contributed by atoms with Gasteiger partial charge in [-0.1, -0.05) is 6.07 Å². The molecule has 2 aromatic rings. The molecule has 1 aromatic carbocycles. The smallest absolute Gasteiger partial charge is 0.250 e. The van der Waals surface area contributed by atoms with E-state index in [0.29, 0.717) is 28.6 Å². The summed E-state index contributed by atoms with van der Waals surface area (Å²) in [6, 6.07) is 10.5. The quantitative estimate of drug-likeness (QED) is 0.663. The Morgan fingerprint density at radius 3 is 2.50 bits per heavy atom. The minimum Gasteiger partial charge on any atom is -0.369 e. The molecule has 4 fully saturated rings. The predicted octanol–water partition coefficient (Wildman–Crippen LogP) is 2.70. The molecule has 0 saturated carbocycles. The molecule has 9 heteroatoms. The van der Waals surface area contributed by atoms with Gasteiger partial charge in [-0.25, -0.2) is 17.5 Å². The Morgan fingerprint density at radius 1 is 1.06 bits per heavy atom. The number of anilines is 1. The van der Waals surface area contributed by atoms with Crippen molar-refractivity contribution < 1.29 is 12.8 Å². The van der Waals surface area contributed by atoms with Crippen molar-refractivity contribution in [2.45, 2.75) is 23.1 Å². The largest absolute Gasteiger partial charge is 0.369 e. The second-order valence-corrected chi connectivity index (χ2v) is 12.2. The Balaban J connectivity index is 1.10. The first-order valence-corrected chi connectivity index (χ1v) is 13.8. The van der Waals surface area contributed by atoms with Crippen LogP contribution in [0.1, 0.15) is 12.8 Å². The molecule has 0 aliphatic carbocycles. The van der Waals surface area contributed by atoms with Gasteiger partial charge in [-0.15, -0.1) is 11.3 Å². The first kappa shape index (κ1) is 22.3. The SMILES string of the molecule is O=S(=O)(NC[C@H]1C[C@@H]2CCN1C[C@@H]2CN1CCN(c2ccc(F)cc2)CC1)c1cccs1. The van der Waals surface area contributed by atoms with Gasteiger partial charge in [0, 0.05) is 57.5 Å².